The van der Waals surface area contributed by atoms with Gasteiger partial charge in [-0.05, 0) is 6.92 Å². The maximum atomic E-state index is 5.63. The van der Waals surface area contributed by atoms with Crippen LogP contribution < -0.4 is 22.5 Å². The van der Waals surface area contributed by atoms with Crippen LogP contribution in [0.1, 0.15) is 6.92 Å². The standard InChI is InChI=1S/C6H18N4/c1-5(8)6(9)4-10-3-2-7/h5-6,10H,2-4,7-9H2,1H3. The molecule has 0 rings (SSSR count). The summed E-state index contributed by atoms with van der Waals surface area (Å²) in [7, 11) is 0. The molecular weight excluding hydrogens is 128 g/mol. The molecule has 0 amide bonds. The first-order valence-corrected chi connectivity index (χ1v) is 3.60. The zero-order valence-corrected chi connectivity index (χ0v) is 6.51. The summed E-state index contributed by atoms with van der Waals surface area (Å²) in [5.41, 5.74) is 16.4. The number of nitrogens with one attached hydrogen (secondary N) is 1. The summed E-state index contributed by atoms with van der Waals surface area (Å²) in [5.74, 6) is 0. The van der Waals surface area contributed by atoms with Gasteiger partial charge < -0.3 is 22.5 Å². The van der Waals surface area contributed by atoms with E-state index in [1.165, 1.54) is 0 Å². The Labute approximate surface area is 62.1 Å². The Balaban J connectivity index is 3.13. The Bertz CT molecular complexity index is 74.1. The molecule has 4 heteroatoms. The van der Waals surface area contributed by atoms with Crippen LogP contribution in [0.25, 0.3) is 0 Å². The quantitative estimate of drug-likeness (QED) is 0.345. The van der Waals surface area contributed by atoms with Gasteiger partial charge in [0.05, 0.1) is 0 Å². The predicted octanol–water partition coefficient (Wildman–Crippen LogP) is -1.79. The molecule has 0 aliphatic carbocycles. The summed E-state index contributed by atoms with van der Waals surface area (Å²) >= 11 is 0. The fraction of sp³-hybridized carbons (Fsp3) is 1.00. The highest BCUT2D eigenvalue weighted by molar-refractivity contribution is 4.73. The normalized spacial score (nSPS) is 16.8. The van der Waals surface area contributed by atoms with E-state index in [1.807, 2.05) is 6.92 Å². The largest absolute Gasteiger partial charge is 0.329 e. The zero-order chi connectivity index (χ0) is 7.98. The third-order valence-corrected chi connectivity index (χ3v) is 1.38. The lowest BCUT2D eigenvalue weighted by atomic mass is 10.2. The third-order valence-electron chi connectivity index (χ3n) is 1.38. The number of nitrogens with two attached hydrogens (primary N) is 3. The van der Waals surface area contributed by atoms with Crippen molar-refractivity contribution in [2.24, 2.45) is 17.2 Å². The molecule has 0 saturated heterocycles. The van der Waals surface area contributed by atoms with E-state index in [0.717, 1.165) is 13.1 Å². The predicted molar refractivity (Wildman–Crippen MR) is 43.5 cm³/mol. The molecule has 0 bridgehead atoms. The minimum absolute atomic E-state index is 0.0338. The molecule has 0 heterocycles. The van der Waals surface area contributed by atoms with Crippen LogP contribution in [0, 0.1) is 0 Å². The molecule has 0 aromatic carbocycles. The van der Waals surface area contributed by atoms with Gasteiger partial charge in [0.1, 0.15) is 0 Å². The molecule has 62 valence electrons. The van der Waals surface area contributed by atoms with E-state index >= 15 is 0 Å². The molecule has 0 aromatic rings. The molecule has 2 unspecified atom stereocenters. The van der Waals surface area contributed by atoms with Crippen molar-refractivity contribution in [1.29, 1.82) is 0 Å². The first-order valence-electron chi connectivity index (χ1n) is 3.60. The van der Waals surface area contributed by atoms with Gasteiger partial charge in [-0.25, -0.2) is 0 Å². The van der Waals surface area contributed by atoms with Crippen LogP contribution in [0.15, 0.2) is 0 Å². The third kappa shape index (κ3) is 4.69. The minimum Gasteiger partial charge on any atom is -0.329 e. The highest BCUT2D eigenvalue weighted by atomic mass is 14.9. The lowest BCUT2D eigenvalue weighted by molar-refractivity contribution is 0.513. The summed E-state index contributed by atoms with van der Waals surface area (Å²) in [4.78, 5) is 0. The van der Waals surface area contributed by atoms with Gasteiger partial charge >= 0.3 is 0 Å². The summed E-state index contributed by atoms with van der Waals surface area (Å²) in [6, 6.07) is 0.0804. The molecule has 0 spiro atoms. The summed E-state index contributed by atoms with van der Waals surface area (Å²) in [6.45, 7) is 4.09. The zero-order valence-electron chi connectivity index (χ0n) is 6.51. The Kier molecular flexibility index (Phi) is 5.52. The maximum Gasteiger partial charge on any atom is 0.0316 e. The van der Waals surface area contributed by atoms with Gasteiger partial charge in [0.15, 0.2) is 0 Å². The van der Waals surface area contributed by atoms with Crippen LogP contribution >= 0.6 is 0 Å². The smallest absolute Gasteiger partial charge is 0.0316 e. The Hall–Kier alpha value is -0.160. The van der Waals surface area contributed by atoms with Crippen molar-refractivity contribution in [1.82, 2.24) is 5.32 Å². The molecule has 10 heavy (non-hydrogen) atoms. The van der Waals surface area contributed by atoms with Crippen LogP contribution in [0.4, 0.5) is 0 Å². The first kappa shape index (κ1) is 9.84. The van der Waals surface area contributed by atoms with E-state index in [9.17, 15) is 0 Å². The first-order chi connectivity index (χ1) is 4.68. The summed E-state index contributed by atoms with van der Waals surface area (Å²) < 4.78 is 0. The van der Waals surface area contributed by atoms with Crippen LogP contribution in [-0.4, -0.2) is 31.7 Å². The van der Waals surface area contributed by atoms with Crippen LogP contribution in [0.3, 0.4) is 0 Å². The molecular formula is C6H18N4. The lowest BCUT2D eigenvalue weighted by Gasteiger charge is -2.15. The molecule has 0 fully saturated rings. The molecule has 0 aromatic heterocycles. The topological polar surface area (TPSA) is 90.1 Å². The van der Waals surface area contributed by atoms with Crippen molar-refractivity contribution in [3.05, 3.63) is 0 Å². The number of rotatable bonds is 5. The van der Waals surface area contributed by atoms with Gasteiger partial charge in [0.25, 0.3) is 0 Å². The molecule has 0 radical (unpaired) electrons. The van der Waals surface area contributed by atoms with Crippen molar-refractivity contribution in [2.75, 3.05) is 19.6 Å². The SMILES string of the molecule is CC(N)C(N)CNCCN. The van der Waals surface area contributed by atoms with Crippen molar-refractivity contribution >= 4 is 0 Å². The Morgan fingerprint density at radius 1 is 1.40 bits per heavy atom. The molecule has 2 atom stereocenters. The highest BCUT2D eigenvalue weighted by Gasteiger charge is 2.05. The molecule has 4 nitrogen and oxygen atoms in total. The van der Waals surface area contributed by atoms with Crippen LogP contribution in [0.2, 0.25) is 0 Å². The van der Waals surface area contributed by atoms with E-state index < -0.39 is 0 Å². The van der Waals surface area contributed by atoms with E-state index in [2.05, 4.69) is 5.32 Å². The van der Waals surface area contributed by atoms with Crippen LogP contribution in [-0.2, 0) is 0 Å². The minimum atomic E-state index is 0.0338. The van der Waals surface area contributed by atoms with E-state index in [-0.39, 0.29) is 12.1 Å². The van der Waals surface area contributed by atoms with Crippen LogP contribution in [0.5, 0.6) is 0 Å². The molecule has 7 N–H and O–H groups in total. The highest BCUT2D eigenvalue weighted by Crippen LogP contribution is 1.80. The van der Waals surface area contributed by atoms with Gasteiger partial charge in [-0.3, -0.25) is 0 Å². The number of hydrogen-bond acceptors (Lipinski definition) is 4. The van der Waals surface area contributed by atoms with Crippen molar-refractivity contribution in [3.8, 4) is 0 Å². The van der Waals surface area contributed by atoms with Crippen molar-refractivity contribution in [2.45, 2.75) is 19.0 Å². The monoisotopic (exact) mass is 146 g/mol. The Morgan fingerprint density at radius 2 is 2.00 bits per heavy atom. The van der Waals surface area contributed by atoms with E-state index in [0.29, 0.717) is 6.54 Å². The molecule has 0 saturated carbocycles. The lowest BCUT2D eigenvalue weighted by Crippen LogP contribution is -2.46. The van der Waals surface area contributed by atoms with Crippen molar-refractivity contribution in [3.63, 3.8) is 0 Å². The van der Waals surface area contributed by atoms with E-state index in [4.69, 9.17) is 17.2 Å². The van der Waals surface area contributed by atoms with Crippen molar-refractivity contribution < 1.29 is 0 Å². The summed E-state index contributed by atoms with van der Waals surface area (Å²) in [6.07, 6.45) is 0. The fourth-order valence-corrected chi connectivity index (χ4v) is 0.557. The van der Waals surface area contributed by atoms with Gasteiger partial charge in [0, 0.05) is 31.7 Å². The molecule has 0 aliphatic rings. The van der Waals surface area contributed by atoms with Gasteiger partial charge in [-0.2, -0.15) is 0 Å². The van der Waals surface area contributed by atoms with Gasteiger partial charge in [0.2, 0.25) is 0 Å². The van der Waals surface area contributed by atoms with Gasteiger partial charge in [-0.15, -0.1) is 0 Å². The molecule has 0 aliphatic heterocycles. The summed E-state index contributed by atoms with van der Waals surface area (Å²) in [5, 5.41) is 3.09. The van der Waals surface area contributed by atoms with E-state index in [1.54, 1.807) is 0 Å². The average molecular weight is 146 g/mol. The Morgan fingerprint density at radius 3 is 2.40 bits per heavy atom. The second kappa shape index (κ2) is 5.61. The van der Waals surface area contributed by atoms with Gasteiger partial charge in [-0.1, -0.05) is 0 Å². The second-order valence-corrected chi connectivity index (χ2v) is 2.52. The average Bonchev–Trinajstić information content (AvgIpc) is 1.88. The number of hydrogen-bond donors (Lipinski definition) is 4. The maximum absolute atomic E-state index is 5.63. The second-order valence-electron chi connectivity index (χ2n) is 2.52. The fourth-order valence-electron chi connectivity index (χ4n) is 0.557.